The highest BCUT2D eigenvalue weighted by atomic mass is 16.5. The van der Waals surface area contributed by atoms with Crippen molar-refractivity contribution in [1.29, 1.82) is 0 Å². The van der Waals surface area contributed by atoms with Crippen LogP contribution in [-0.2, 0) is 11.2 Å². The molecule has 1 aliphatic heterocycles. The monoisotopic (exact) mass is 390 g/mol. The third-order valence-corrected chi connectivity index (χ3v) is 6.83. The average molecular weight is 390 g/mol. The largest absolute Gasteiger partial charge is 0.381 e. The van der Waals surface area contributed by atoms with Gasteiger partial charge in [0, 0.05) is 43.6 Å². The summed E-state index contributed by atoms with van der Waals surface area (Å²) in [7, 11) is 0. The second kappa shape index (κ2) is 6.76. The highest BCUT2D eigenvalue weighted by molar-refractivity contribution is 5.64. The SMILES string of the molecule is c1cc(-c2ccn3c(CC4(C5CC5)CC4)nnc3c2)nc(NC2CCOCC2)n1. The minimum atomic E-state index is 0.377. The Hall–Kier alpha value is -2.54. The quantitative estimate of drug-likeness (QED) is 0.694. The molecule has 3 fully saturated rings. The summed E-state index contributed by atoms with van der Waals surface area (Å²) < 4.78 is 7.57. The molecule has 6 rings (SSSR count). The Balaban J connectivity index is 1.24. The van der Waals surface area contributed by atoms with Crippen molar-refractivity contribution in [2.75, 3.05) is 18.5 Å². The topological polar surface area (TPSA) is 77.2 Å². The molecule has 3 aliphatic rings. The van der Waals surface area contributed by atoms with Gasteiger partial charge in [-0.3, -0.25) is 4.40 Å². The number of anilines is 1. The van der Waals surface area contributed by atoms with Crippen LogP contribution in [0.5, 0.6) is 0 Å². The van der Waals surface area contributed by atoms with Gasteiger partial charge in [-0.05, 0) is 68.1 Å². The molecule has 7 heteroatoms. The number of hydrogen-bond acceptors (Lipinski definition) is 6. The van der Waals surface area contributed by atoms with Crippen LogP contribution in [0.15, 0.2) is 30.6 Å². The molecule has 0 amide bonds. The normalized spacial score (nSPS) is 21.4. The summed E-state index contributed by atoms with van der Waals surface area (Å²) in [5, 5.41) is 12.4. The van der Waals surface area contributed by atoms with Gasteiger partial charge in [0.1, 0.15) is 5.82 Å². The maximum Gasteiger partial charge on any atom is 0.223 e. The van der Waals surface area contributed by atoms with E-state index in [0.717, 1.165) is 61.1 Å². The van der Waals surface area contributed by atoms with Crippen molar-refractivity contribution in [1.82, 2.24) is 24.6 Å². The van der Waals surface area contributed by atoms with Crippen molar-refractivity contribution in [2.24, 2.45) is 11.3 Å². The molecule has 2 saturated carbocycles. The smallest absolute Gasteiger partial charge is 0.223 e. The number of pyridine rings is 1. The summed E-state index contributed by atoms with van der Waals surface area (Å²) in [6.45, 7) is 1.59. The minimum Gasteiger partial charge on any atom is -0.381 e. The Labute approximate surface area is 169 Å². The van der Waals surface area contributed by atoms with Gasteiger partial charge in [-0.1, -0.05) is 0 Å². The number of fused-ring (bicyclic) bond motifs is 1. The van der Waals surface area contributed by atoms with E-state index in [-0.39, 0.29) is 0 Å². The third-order valence-electron chi connectivity index (χ3n) is 6.83. The van der Waals surface area contributed by atoms with Gasteiger partial charge in [-0.2, -0.15) is 0 Å². The Bertz CT molecular complexity index is 1030. The molecule has 29 heavy (non-hydrogen) atoms. The van der Waals surface area contributed by atoms with Gasteiger partial charge >= 0.3 is 0 Å². The minimum absolute atomic E-state index is 0.377. The number of hydrogen-bond donors (Lipinski definition) is 1. The van der Waals surface area contributed by atoms with Crippen LogP contribution in [0.2, 0.25) is 0 Å². The van der Waals surface area contributed by atoms with Gasteiger partial charge in [0.15, 0.2) is 5.65 Å². The molecule has 0 atom stereocenters. The summed E-state index contributed by atoms with van der Waals surface area (Å²) in [6.07, 6.45) is 12.5. The van der Waals surface area contributed by atoms with Crippen molar-refractivity contribution in [3.63, 3.8) is 0 Å². The average Bonchev–Trinajstić information content (AvgIpc) is 3.67. The zero-order valence-corrected chi connectivity index (χ0v) is 16.5. The highest BCUT2D eigenvalue weighted by Crippen LogP contribution is 2.62. The van der Waals surface area contributed by atoms with Crippen LogP contribution in [0, 0.1) is 11.3 Å². The number of rotatable bonds is 6. The highest BCUT2D eigenvalue weighted by Gasteiger charge is 2.54. The van der Waals surface area contributed by atoms with Gasteiger partial charge in [-0.25, -0.2) is 9.97 Å². The van der Waals surface area contributed by atoms with Crippen LogP contribution in [-0.4, -0.2) is 43.8 Å². The maximum absolute atomic E-state index is 5.43. The molecule has 3 aromatic rings. The molecular weight excluding hydrogens is 364 g/mol. The van der Waals surface area contributed by atoms with E-state index >= 15 is 0 Å². The molecule has 0 spiro atoms. The van der Waals surface area contributed by atoms with Crippen LogP contribution >= 0.6 is 0 Å². The molecule has 7 nitrogen and oxygen atoms in total. The zero-order chi connectivity index (χ0) is 19.3. The Morgan fingerprint density at radius 2 is 1.97 bits per heavy atom. The third kappa shape index (κ3) is 3.37. The summed E-state index contributed by atoms with van der Waals surface area (Å²) in [5.74, 6) is 2.70. The Morgan fingerprint density at radius 3 is 2.76 bits per heavy atom. The summed E-state index contributed by atoms with van der Waals surface area (Å²) in [4.78, 5) is 9.13. The predicted molar refractivity (Wildman–Crippen MR) is 110 cm³/mol. The lowest BCUT2D eigenvalue weighted by atomic mass is 9.96. The molecular formula is C22H26N6O. The lowest BCUT2D eigenvalue weighted by molar-refractivity contribution is 0.0903. The molecule has 0 aromatic carbocycles. The maximum atomic E-state index is 5.43. The molecule has 0 radical (unpaired) electrons. The lowest BCUT2D eigenvalue weighted by Gasteiger charge is -2.23. The first-order chi connectivity index (χ1) is 14.3. The van der Waals surface area contributed by atoms with E-state index in [4.69, 9.17) is 9.72 Å². The van der Waals surface area contributed by atoms with E-state index < -0.39 is 0 Å². The van der Waals surface area contributed by atoms with E-state index in [0.29, 0.717) is 17.4 Å². The van der Waals surface area contributed by atoms with Crippen LogP contribution in [0.3, 0.4) is 0 Å². The van der Waals surface area contributed by atoms with E-state index in [1.165, 1.54) is 25.7 Å². The fraction of sp³-hybridized carbons (Fsp3) is 0.545. The molecule has 1 N–H and O–H groups in total. The molecule has 3 aromatic heterocycles. The van der Waals surface area contributed by atoms with E-state index in [1.807, 2.05) is 12.3 Å². The van der Waals surface area contributed by atoms with Crippen LogP contribution < -0.4 is 5.32 Å². The van der Waals surface area contributed by atoms with Gasteiger partial charge in [0.05, 0.1) is 5.69 Å². The van der Waals surface area contributed by atoms with Crippen molar-refractivity contribution in [3.05, 3.63) is 36.4 Å². The first-order valence-corrected chi connectivity index (χ1v) is 10.8. The molecule has 0 unspecified atom stereocenters. The van der Waals surface area contributed by atoms with E-state index in [9.17, 15) is 0 Å². The number of nitrogens with one attached hydrogen (secondary N) is 1. The number of ether oxygens (including phenoxy) is 1. The molecule has 2 aliphatic carbocycles. The zero-order valence-electron chi connectivity index (χ0n) is 16.5. The van der Waals surface area contributed by atoms with Crippen LogP contribution in [0.25, 0.3) is 16.9 Å². The summed E-state index contributed by atoms with van der Waals surface area (Å²) >= 11 is 0. The summed E-state index contributed by atoms with van der Waals surface area (Å²) in [6, 6.07) is 6.51. The van der Waals surface area contributed by atoms with Crippen molar-refractivity contribution >= 4 is 11.6 Å². The van der Waals surface area contributed by atoms with Crippen LogP contribution in [0.1, 0.15) is 44.3 Å². The van der Waals surface area contributed by atoms with Gasteiger partial charge < -0.3 is 10.1 Å². The molecule has 150 valence electrons. The number of aromatic nitrogens is 5. The van der Waals surface area contributed by atoms with Crippen molar-refractivity contribution < 1.29 is 4.74 Å². The van der Waals surface area contributed by atoms with Crippen molar-refractivity contribution in [3.8, 4) is 11.3 Å². The lowest BCUT2D eigenvalue weighted by Crippen LogP contribution is -2.28. The van der Waals surface area contributed by atoms with Gasteiger partial charge in [0.25, 0.3) is 0 Å². The van der Waals surface area contributed by atoms with Crippen LogP contribution in [0.4, 0.5) is 5.95 Å². The fourth-order valence-electron chi connectivity index (χ4n) is 4.73. The van der Waals surface area contributed by atoms with Crippen molar-refractivity contribution in [2.45, 2.75) is 51.0 Å². The summed E-state index contributed by atoms with van der Waals surface area (Å²) in [5.41, 5.74) is 3.36. The molecule has 1 saturated heterocycles. The van der Waals surface area contributed by atoms with E-state index in [1.54, 1.807) is 0 Å². The predicted octanol–water partition coefficient (Wildman–Crippen LogP) is 3.51. The molecule has 4 heterocycles. The second-order valence-electron chi connectivity index (χ2n) is 8.87. The van der Waals surface area contributed by atoms with Gasteiger partial charge in [0.2, 0.25) is 5.95 Å². The first-order valence-electron chi connectivity index (χ1n) is 10.8. The first kappa shape index (κ1) is 17.3. The number of nitrogens with zero attached hydrogens (tertiary/aromatic N) is 5. The van der Waals surface area contributed by atoms with E-state index in [2.05, 4.69) is 43.2 Å². The standard InChI is InChI=1S/C22H26N6O/c1-2-16(1)22(7-8-22)14-20-27-26-19-13-15(4-10-28(19)20)18-3-9-23-21(25-18)24-17-5-11-29-12-6-17/h3-4,9-10,13,16-17H,1-2,5-8,11-12,14H2,(H,23,24,25). The Kier molecular flexibility index (Phi) is 4.04. The Morgan fingerprint density at radius 1 is 1.10 bits per heavy atom. The molecule has 0 bridgehead atoms. The van der Waals surface area contributed by atoms with Gasteiger partial charge in [-0.15, -0.1) is 10.2 Å². The second-order valence-corrected chi connectivity index (χ2v) is 8.87. The fourth-order valence-corrected chi connectivity index (χ4v) is 4.73.